The molecule has 0 aliphatic rings. The molecule has 0 aliphatic heterocycles. The van der Waals surface area contributed by atoms with E-state index in [0.717, 1.165) is 0 Å². The Morgan fingerprint density at radius 3 is 2.48 bits per heavy atom. The van der Waals surface area contributed by atoms with Crippen LogP contribution in [0.5, 0.6) is 0 Å². The normalized spacial score (nSPS) is 11.0. The lowest BCUT2D eigenvalue weighted by Crippen LogP contribution is -2.19. The second-order valence-electron chi connectivity index (χ2n) is 6.55. The van der Waals surface area contributed by atoms with E-state index in [0.29, 0.717) is 39.2 Å². The lowest BCUT2D eigenvalue weighted by Gasteiger charge is -2.14. The van der Waals surface area contributed by atoms with Crippen LogP contribution in [-0.2, 0) is 6.54 Å². The SMILES string of the molecule is CNC(=O)c1nc(CN(C)C)n(-c2ccc(Cl)cc2C(=O)c2ccccc2Cl)n1. The standard InChI is InChI=1S/C20H19Cl2N5O2/c1-23-20(29)19-24-17(11-26(2)3)27(25-19)16-9-8-12(21)10-14(16)18(28)13-6-4-5-7-15(13)22/h4-10H,11H2,1-3H3,(H,23,29). The van der Waals surface area contributed by atoms with Crippen molar-refractivity contribution in [2.24, 2.45) is 0 Å². The Labute approximate surface area is 178 Å². The smallest absolute Gasteiger partial charge is 0.290 e. The topological polar surface area (TPSA) is 80.1 Å². The van der Waals surface area contributed by atoms with Crippen LogP contribution in [0.15, 0.2) is 42.5 Å². The number of carbonyl (C=O) groups excluding carboxylic acids is 2. The van der Waals surface area contributed by atoms with E-state index < -0.39 is 5.91 Å². The summed E-state index contributed by atoms with van der Waals surface area (Å²) >= 11 is 12.4. The zero-order chi connectivity index (χ0) is 21.1. The lowest BCUT2D eigenvalue weighted by molar-refractivity contribution is 0.0952. The Morgan fingerprint density at radius 1 is 1.10 bits per heavy atom. The molecular weight excluding hydrogens is 413 g/mol. The molecule has 29 heavy (non-hydrogen) atoms. The number of rotatable bonds is 6. The Kier molecular flexibility index (Phi) is 6.32. The lowest BCUT2D eigenvalue weighted by atomic mass is 10.0. The van der Waals surface area contributed by atoms with Crippen molar-refractivity contribution in [3.8, 4) is 5.69 Å². The number of halogens is 2. The number of nitrogens with one attached hydrogen (secondary N) is 1. The summed E-state index contributed by atoms with van der Waals surface area (Å²) in [6.45, 7) is 0.409. The highest BCUT2D eigenvalue weighted by Gasteiger charge is 2.23. The van der Waals surface area contributed by atoms with Crippen molar-refractivity contribution in [3.05, 3.63) is 75.3 Å². The average molecular weight is 432 g/mol. The second kappa shape index (κ2) is 8.73. The summed E-state index contributed by atoms with van der Waals surface area (Å²) in [5.74, 6) is -0.211. The van der Waals surface area contributed by atoms with Gasteiger partial charge in [0.05, 0.1) is 17.3 Å². The number of hydrogen-bond donors (Lipinski definition) is 1. The van der Waals surface area contributed by atoms with E-state index in [1.54, 1.807) is 42.5 Å². The number of hydrogen-bond acceptors (Lipinski definition) is 5. The molecule has 7 nitrogen and oxygen atoms in total. The molecule has 1 N–H and O–H groups in total. The molecule has 2 aromatic carbocycles. The number of benzene rings is 2. The van der Waals surface area contributed by atoms with E-state index in [9.17, 15) is 9.59 Å². The number of amides is 1. The molecule has 0 saturated carbocycles. The fourth-order valence-corrected chi connectivity index (χ4v) is 3.19. The van der Waals surface area contributed by atoms with Gasteiger partial charge >= 0.3 is 0 Å². The van der Waals surface area contributed by atoms with Gasteiger partial charge in [0.25, 0.3) is 5.91 Å². The highest BCUT2D eigenvalue weighted by Crippen LogP contribution is 2.26. The van der Waals surface area contributed by atoms with Crippen LogP contribution < -0.4 is 5.32 Å². The molecule has 0 saturated heterocycles. The first-order valence-corrected chi connectivity index (χ1v) is 9.49. The molecule has 0 radical (unpaired) electrons. The summed E-state index contributed by atoms with van der Waals surface area (Å²) in [6.07, 6.45) is 0. The zero-order valence-electron chi connectivity index (χ0n) is 16.1. The molecule has 1 aromatic heterocycles. The van der Waals surface area contributed by atoms with E-state index in [1.165, 1.54) is 11.7 Å². The minimum atomic E-state index is -0.420. The van der Waals surface area contributed by atoms with Gasteiger partial charge in [-0.05, 0) is 44.4 Å². The summed E-state index contributed by atoms with van der Waals surface area (Å²) in [7, 11) is 5.25. The highest BCUT2D eigenvalue weighted by atomic mass is 35.5. The molecule has 150 valence electrons. The molecule has 0 fully saturated rings. The van der Waals surface area contributed by atoms with Crippen LogP contribution in [0.4, 0.5) is 0 Å². The van der Waals surface area contributed by atoms with Gasteiger partial charge in [-0.15, -0.1) is 5.10 Å². The number of ketones is 1. The Morgan fingerprint density at radius 2 is 1.83 bits per heavy atom. The Hall–Kier alpha value is -2.74. The van der Waals surface area contributed by atoms with Gasteiger partial charge in [0.1, 0.15) is 5.82 Å². The summed E-state index contributed by atoms with van der Waals surface area (Å²) < 4.78 is 1.49. The van der Waals surface area contributed by atoms with E-state index in [4.69, 9.17) is 23.2 Å². The monoisotopic (exact) mass is 431 g/mol. The number of nitrogens with zero attached hydrogens (tertiary/aromatic N) is 4. The van der Waals surface area contributed by atoms with Crippen LogP contribution in [0.3, 0.4) is 0 Å². The molecule has 0 atom stereocenters. The van der Waals surface area contributed by atoms with Crippen molar-refractivity contribution >= 4 is 34.9 Å². The first-order chi connectivity index (χ1) is 13.8. The quantitative estimate of drug-likeness (QED) is 0.605. The number of aromatic nitrogens is 3. The van der Waals surface area contributed by atoms with Gasteiger partial charge in [0, 0.05) is 23.2 Å². The van der Waals surface area contributed by atoms with Crippen molar-refractivity contribution in [3.63, 3.8) is 0 Å². The fraction of sp³-hybridized carbons (Fsp3) is 0.200. The molecule has 9 heteroatoms. The third kappa shape index (κ3) is 4.48. The maximum Gasteiger partial charge on any atom is 0.290 e. The van der Waals surface area contributed by atoms with E-state index in [2.05, 4.69) is 15.4 Å². The fourth-order valence-electron chi connectivity index (χ4n) is 2.80. The van der Waals surface area contributed by atoms with Crippen molar-refractivity contribution < 1.29 is 9.59 Å². The van der Waals surface area contributed by atoms with Crippen LogP contribution in [0.2, 0.25) is 10.0 Å². The van der Waals surface area contributed by atoms with Crippen LogP contribution in [0.1, 0.15) is 32.4 Å². The van der Waals surface area contributed by atoms with Gasteiger partial charge < -0.3 is 10.2 Å². The Balaban J connectivity index is 2.20. The molecule has 1 heterocycles. The molecular formula is C20H19Cl2N5O2. The molecule has 3 rings (SSSR count). The van der Waals surface area contributed by atoms with Gasteiger partial charge in [-0.1, -0.05) is 35.3 Å². The average Bonchev–Trinajstić information content (AvgIpc) is 3.10. The van der Waals surface area contributed by atoms with Crippen LogP contribution in [-0.4, -0.2) is 52.5 Å². The minimum absolute atomic E-state index is 0.00967. The van der Waals surface area contributed by atoms with Crippen LogP contribution in [0.25, 0.3) is 5.69 Å². The largest absolute Gasteiger partial charge is 0.352 e. The van der Waals surface area contributed by atoms with Crippen molar-refractivity contribution in [1.29, 1.82) is 0 Å². The van der Waals surface area contributed by atoms with Crippen molar-refractivity contribution in [2.75, 3.05) is 21.1 Å². The maximum absolute atomic E-state index is 13.2. The van der Waals surface area contributed by atoms with Gasteiger partial charge in [-0.25, -0.2) is 9.67 Å². The molecule has 0 unspecified atom stereocenters. The maximum atomic E-state index is 13.2. The molecule has 0 bridgehead atoms. The molecule has 0 aliphatic carbocycles. The summed E-state index contributed by atoms with van der Waals surface area (Å²) in [5, 5.41) is 7.57. The van der Waals surface area contributed by atoms with Crippen molar-refractivity contribution in [1.82, 2.24) is 25.0 Å². The van der Waals surface area contributed by atoms with E-state index in [1.807, 2.05) is 19.0 Å². The van der Waals surface area contributed by atoms with Gasteiger partial charge in [-0.3, -0.25) is 9.59 Å². The third-order valence-electron chi connectivity index (χ3n) is 4.11. The van der Waals surface area contributed by atoms with Gasteiger partial charge in [0.2, 0.25) is 5.82 Å². The predicted molar refractivity (Wildman–Crippen MR) is 112 cm³/mol. The molecule has 1 amide bonds. The van der Waals surface area contributed by atoms with Crippen LogP contribution >= 0.6 is 23.2 Å². The minimum Gasteiger partial charge on any atom is -0.352 e. The van der Waals surface area contributed by atoms with Gasteiger partial charge in [-0.2, -0.15) is 0 Å². The van der Waals surface area contributed by atoms with Crippen molar-refractivity contribution in [2.45, 2.75) is 6.54 Å². The summed E-state index contributed by atoms with van der Waals surface area (Å²) in [6, 6.07) is 11.7. The number of carbonyl (C=O) groups is 2. The molecule has 3 aromatic rings. The van der Waals surface area contributed by atoms with Gasteiger partial charge in [0.15, 0.2) is 5.78 Å². The molecule has 0 spiro atoms. The first kappa shape index (κ1) is 21.0. The third-order valence-corrected chi connectivity index (χ3v) is 4.68. The van der Waals surface area contributed by atoms with E-state index >= 15 is 0 Å². The highest BCUT2D eigenvalue weighted by molar-refractivity contribution is 6.35. The second-order valence-corrected chi connectivity index (χ2v) is 7.39. The summed E-state index contributed by atoms with van der Waals surface area (Å²) in [5.41, 5.74) is 1.11. The Bertz CT molecular complexity index is 1080. The first-order valence-electron chi connectivity index (χ1n) is 8.73. The zero-order valence-corrected chi connectivity index (χ0v) is 17.6. The summed E-state index contributed by atoms with van der Waals surface area (Å²) in [4.78, 5) is 31.5. The predicted octanol–water partition coefficient (Wildman–Crippen LogP) is 3.23. The van der Waals surface area contributed by atoms with Crippen LogP contribution in [0, 0.1) is 0 Å². The van der Waals surface area contributed by atoms with E-state index in [-0.39, 0.29) is 11.6 Å².